The first kappa shape index (κ1) is 8.41. The largest absolute Gasteiger partial charge is 0.508 e. The minimum Gasteiger partial charge on any atom is -0.508 e. The van der Waals surface area contributed by atoms with Gasteiger partial charge in [0.15, 0.2) is 0 Å². The third-order valence-corrected chi connectivity index (χ3v) is 1.64. The lowest BCUT2D eigenvalue weighted by atomic mass is 10.1. The first-order valence-corrected chi connectivity index (χ1v) is 3.46. The molecule has 0 aliphatic heterocycles. The molecule has 12 heavy (non-hydrogen) atoms. The van der Waals surface area contributed by atoms with E-state index in [2.05, 4.69) is 0 Å². The number of benzene rings is 1. The first-order valence-electron chi connectivity index (χ1n) is 3.46. The molecule has 1 N–H and O–H groups in total. The maximum absolute atomic E-state index is 9.24. The monoisotopic (exact) mass is 163 g/mol. The molecule has 3 nitrogen and oxygen atoms in total. The molecule has 3 heteroatoms. The third-order valence-electron chi connectivity index (χ3n) is 1.64. The molecule has 0 aliphatic rings. The van der Waals surface area contributed by atoms with Crippen LogP contribution < -0.4 is 4.74 Å². The van der Waals surface area contributed by atoms with Crippen LogP contribution in [0.25, 0.3) is 0 Å². The molecule has 0 saturated heterocycles. The summed E-state index contributed by atoms with van der Waals surface area (Å²) in [5, 5.41) is 17.9. The Morgan fingerprint density at radius 2 is 2.17 bits per heavy atom. The molecule has 1 aromatic rings. The van der Waals surface area contributed by atoms with Gasteiger partial charge in [0.05, 0.1) is 12.7 Å². The molecule has 0 unspecified atom stereocenters. The quantitative estimate of drug-likeness (QED) is 0.683. The zero-order valence-electron chi connectivity index (χ0n) is 6.96. The summed E-state index contributed by atoms with van der Waals surface area (Å²) in [7, 11) is 1.49. The molecular weight excluding hydrogens is 154 g/mol. The van der Waals surface area contributed by atoms with Gasteiger partial charge in [-0.25, -0.2) is 0 Å². The van der Waals surface area contributed by atoms with Crippen molar-refractivity contribution in [1.82, 2.24) is 0 Å². The molecular formula is C9H9NO2. The Hall–Kier alpha value is -1.69. The van der Waals surface area contributed by atoms with Crippen molar-refractivity contribution in [1.29, 1.82) is 5.26 Å². The third kappa shape index (κ3) is 1.32. The summed E-state index contributed by atoms with van der Waals surface area (Å²) in [6, 6.07) is 4.96. The molecule has 0 atom stereocenters. The highest BCUT2D eigenvalue weighted by Crippen LogP contribution is 2.26. The molecule has 0 saturated carbocycles. The van der Waals surface area contributed by atoms with Gasteiger partial charge < -0.3 is 9.84 Å². The Kier molecular flexibility index (Phi) is 2.20. The van der Waals surface area contributed by atoms with Crippen LogP contribution in [0.5, 0.6) is 11.5 Å². The average Bonchev–Trinajstić information content (AvgIpc) is 2.09. The summed E-state index contributed by atoms with van der Waals surface area (Å²) in [5.74, 6) is 0.611. The number of hydrogen-bond acceptors (Lipinski definition) is 3. The maximum Gasteiger partial charge on any atom is 0.137 e. The number of phenols is 1. The van der Waals surface area contributed by atoms with E-state index >= 15 is 0 Å². The molecule has 0 aromatic heterocycles. The Balaban J connectivity index is 3.31. The van der Waals surface area contributed by atoms with E-state index in [4.69, 9.17) is 10.00 Å². The van der Waals surface area contributed by atoms with Crippen LogP contribution in [0.1, 0.15) is 11.1 Å². The van der Waals surface area contributed by atoms with E-state index in [-0.39, 0.29) is 5.75 Å². The standard InChI is InChI=1S/C9H9NO2/c1-6-3-9(12-2)7(5-10)4-8(6)11/h3-4,11H,1-2H3. The van der Waals surface area contributed by atoms with Crippen molar-refractivity contribution in [3.63, 3.8) is 0 Å². The SMILES string of the molecule is COc1cc(C)c(O)cc1C#N. The average molecular weight is 163 g/mol. The van der Waals surface area contributed by atoms with Crippen LogP contribution in [0.2, 0.25) is 0 Å². The summed E-state index contributed by atoms with van der Waals surface area (Å²) in [6.45, 7) is 1.75. The van der Waals surface area contributed by atoms with Gasteiger partial charge in [-0.3, -0.25) is 0 Å². The Morgan fingerprint density at radius 3 is 2.67 bits per heavy atom. The number of rotatable bonds is 1. The van der Waals surface area contributed by atoms with Crippen molar-refractivity contribution in [3.05, 3.63) is 23.3 Å². The van der Waals surface area contributed by atoms with E-state index in [1.807, 2.05) is 6.07 Å². The normalized spacial score (nSPS) is 9.08. The zero-order valence-corrected chi connectivity index (χ0v) is 6.96. The smallest absolute Gasteiger partial charge is 0.137 e. The van der Waals surface area contributed by atoms with Gasteiger partial charge in [0.1, 0.15) is 17.6 Å². The number of aromatic hydroxyl groups is 1. The summed E-state index contributed by atoms with van der Waals surface area (Å²) < 4.78 is 4.94. The predicted molar refractivity (Wildman–Crippen MR) is 44.1 cm³/mol. The zero-order chi connectivity index (χ0) is 9.14. The van der Waals surface area contributed by atoms with Crippen molar-refractivity contribution in [2.24, 2.45) is 0 Å². The number of methoxy groups -OCH3 is 1. The fraction of sp³-hybridized carbons (Fsp3) is 0.222. The number of hydrogen-bond donors (Lipinski definition) is 1. The van der Waals surface area contributed by atoms with Gasteiger partial charge in [0.2, 0.25) is 0 Å². The van der Waals surface area contributed by atoms with Crippen LogP contribution in [-0.2, 0) is 0 Å². The Bertz CT molecular complexity index is 339. The maximum atomic E-state index is 9.24. The van der Waals surface area contributed by atoms with Gasteiger partial charge in [-0.2, -0.15) is 5.26 Å². The summed E-state index contributed by atoms with van der Waals surface area (Å²) in [4.78, 5) is 0. The number of aryl methyl sites for hydroxylation is 1. The van der Waals surface area contributed by atoms with Crippen LogP contribution >= 0.6 is 0 Å². The molecule has 1 aromatic carbocycles. The predicted octanol–water partition coefficient (Wildman–Crippen LogP) is 1.58. The minimum absolute atomic E-state index is 0.118. The Morgan fingerprint density at radius 1 is 1.50 bits per heavy atom. The summed E-state index contributed by atoms with van der Waals surface area (Å²) in [5.41, 5.74) is 1.05. The molecule has 0 bridgehead atoms. The van der Waals surface area contributed by atoms with Gasteiger partial charge in [-0.1, -0.05) is 0 Å². The van der Waals surface area contributed by atoms with Gasteiger partial charge in [0, 0.05) is 6.07 Å². The van der Waals surface area contributed by atoms with Crippen LogP contribution in [-0.4, -0.2) is 12.2 Å². The second-order valence-corrected chi connectivity index (χ2v) is 2.45. The second kappa shape index (κ2) is 3.14. The topological polar surface area (TPSA) is 53.2 Å². The van der Waals surface area contributed by atoms with Crippen molar-refractivity contribution >= 4 is 0 Å². The van der Waals surface area contributed by atoms with Gasteiger partial charge in [0.25, 0.3) is 0 Å². The van der Waals surface area contributed by atoms with E-state index in [0.29, 0.717) is 16.9 Å². The molecule has 0 spiro atoms. The van der Waals surface area contributed by atoms with Crippen molar-refractivity contribution in [2.45, 2.75) is 6.92 Å². The van der Waals surface area contributed by atoms with Crippen LogP contribution in [0.3, 0.4) is 0 Å². The fourth-order valence-electron chi connectivity index (χ4n) is 0.926. The highest BCUT2D eigenvalue weighted by molar-refractivity contribution is 5.50. The van der Waals surface area contributed by atoms with Crippen LogP contribution in [0.4, 0.5) is 0 Å². The lowest BCUT2D eigenvalue weighted by Crippen LogP contribution is -1.88. The number of nitrogens with zero attached hydrogens (tertiary/aromatic N) is 1. The molecule has 0 radical (unpaired) electrons. The van der Waals surface area contributed by atoms with Crippen LogP contribution in [0, 0.1) is 18.3 Å². The highest BCUT2D eigenvalue weighted by Gasteiger charge is 2.05. The van der Waals surface area contributed by atoms with Crippen molar-refractivity contribution < 1.29 is 9.84 Å². The van der Waals surface area contributed by atoms with Gasteiger partial charge in [-0.05, 0) is 18.6 Å². The number of nitriles is 1. The lowest BCUT2D eigenvalue weighted by molar-refractivity contribution is 0.410. The van der Waals surface area contributed by atoms with Crippen molar-refractivity contribution in [2.75, 3.05) is 7.11 Å². The van der Waals surface area contributed by atoms with Gasteiger partial charge >= 0.3 is 0 Å². The number of ether oxygens (including phenoxy) is 1. The van der Waals surface area contributed by atoms with Crippen molar-refractivity contribution in [3.8, 4) is 17.6 Å². The first-order chi connectivity index (χ1) is 5.69. The van der Waals surface area contributed by atoms with Gasteiger partial charge in [-0.15, -0.1) is 0 Å². The molecule has 1 rings (SSSR count). The summed E-state index contributed by atoms with van der Waals surface area (Å²) in [6.07, 6.45) is 0. The highest BCUT2D eigenvalue weighted by atomic mass is 16.5. The minimum atomic E-state index is 0.118. The van der Waals surface area contributed by atoms with Crippen LogP contribution in [0.15, 0.2) is 12.1 Å². The number of phenolic OH excluding ortho intramolecular Hbond substituents is 1. The van der Waals surface area contributed by atoms with E-state index in [0.717, 1.165) is 0 Å². The van der Waals surface area contributed by atoms with E-state index in [1.165, 1.54) is 13.2 Å². The summed E-state index contributed by atoms with van der Waals surface area (Å²) >= 11 is 0. The molecule has 0 aliphatic carbocycles. The Labute approximate surface area is 70.8 Å². The molecule has 62 valence electrons. The molecule has 0 fully saturated rings. The van der Waals surface area contributed by atoms with E-state index in [1.54, 1.807) is 13.0 Å². The lowest BCUT2D eigenvalue weighted by Gasteiger charge is -2.04. The van der Waals surface area contributed by atoms with E-state index in [9.17, 15) is 5.11 Å². The second-order valence-electron chi connectivity index (χ2n) is 2.45. The molecule has 0 heterocycles. The fourth-order valence-corrected chi connectivity index (χ4v) is 0.926. The molecule has 0 amide bonds. The van der Waals surface area contributed by atoms with E-state index < -0.39 is 0 Å².